The summed E-state index contributed by atoms with van der Waals surface area (Å²) in [5.41, 5.74) is 1.84. The van der Waals surface area contributed by atoms with Crippen LogP contribution in [0, 0.1) is 0 Å². The number of rotatable bonds is 4. The van der Waals surface area contributed by atoms with Gasteiger partial charge in [-0.15, -0.1) is 0 Å². The molecule has 1 aliphatic heterocycles. The lowest BCUT2D eigenvalue weighted by atomic mass is 10.2. The average Bonchev–Trinajstić information content (AvgIpc) is 2.41. The van der Waals surface area contributed by atoms with Crippen LogP contribution in [0.5, 0.6) is 0 Å². The van der Waals surface area contributed by atoms with E-state index in [0.717, 1.165) is 37.6 Å². The van der Waals surface area contributed by atoms with Crippen LogP contribution in [0.1, 0.15) is 0 Å². The Bertz CT molecular complexity index is 427. The van der Waals surface area contributed by atoms with Crippen LogP contribution in [-0.4, -0.2) is 62.5 Å². The van der Waals surface area contributed by atoms with Gasteiger partial charge < -0.3 is 15.5 Å². The summed E-state index contributed by atoms with van der Waals surface area (Å²) in [7, 11) is 3.98. The van der Waals surface area contributed by atoms with Gasteiger partial charge in [0.1, 0.15) is 0 Å². The summed E-state index contributed by atoms with van der Waals surface area (Å²) in [5.74, 6) is 0.0535. The van der Waals surface area contributed by atoms with Crippen LogP contribution in [0.25, 0.3) is 0 Å². The normalized spacial score (nSPS) is 17.2. The van der Waals surface area contributed by atoms with Crippen molar-refractivity contribution in [2.24, 2.45) is 0 Å². The molecule has 0 saturated carbocycles. The molecule has 1 saturated heterocycles. The number of nitrogens with one attached hydrogen (secondary N) is 2. The highest BCUT2D eigenvalue weighted by Crippen LogP contribution is 2.14. The smallest absolute Gasteiger partial charge is 0.238 e. The maximum Gasteiger partial charge on any atom is 0.238 e. The van der Waals surface area contributed by atoms with E-state index in [1.807, 2.05) is 31.3 Å². The van der Waals surface area contributed by atoms with Crippen molar-refractivity contribution in [1.29, 1.82) is 0 Å². The molecule has 5 heteroatoms. The number of likely N-dealkylation sites (N-methyl/N-ethyl adjacent to an activating group) is 1. The number of amides is 1. The monoisotopic (exact) mass is 262 g/mol. The lowest BCUT2D eigenvalue weighted by Gasteiger charge is -2.31. The molecule has 0 spiro atoms. The summed E-state index contributed by atoms with van der Waals surface area (Å²) >= 11 is 0. The molecule has 0 atom stereocenters. The second-order valence-corrected chi connectivity index (χ2v) is 4.96. The molecular weight excluding hydrogens is 240 g/mol. The topological polar surface area (TPSA) is 47.6 Å². The molecule has 0 unspecified atom stereocenters. The fourth-order valence-electron chi connectivity index (χ4n) is 2.16. The van der Waals surface area contributed by atoms with Gasteiger partial charge in [0, 0.05) is 44.6 Å². The minimum Gasteiger partial charge on any atom is -0.388 e. The van der Waals surface area contributed by atoms with Crippen molar-refractivity contribution >= 4 is 17.3 Å². The highest BCUT2D eigenvalue weighted by molar-refractivity contribution is 5.92. The van der Waals surface area contributed by atoms with Gasteiger partial charge in [-0.25, -0.2) is 0 Å². The summed E-state index contributed by atoms with van der Waals surface area (Å²) < 4.78 is 0. The first kappa shape index (κ1) is 13.8. The molecular formula is C14H22N4O. The van der Waals surface area contributed by atoms with E-state index in [-0.39, 0.29) is 5.91 Å². The Hall–Kier alpha value is -1.59. The van der Waals surface area contributed by atoms with Crippen molar-refractivity contribution in [3.63, 3.8) is 0 Å². The summed E-state index contributed by atoms with van der Waals surface area (Å²) in [4.78, 5) is 16.4. The van der Waals surface area contributed by atoms with Crippen molar-refractivity contribution in [3.8, 4) is 0 Å². The van der Waals surface area contributed by atoms with Gasteiger partial charge in [-0.3, -0.25) is 9.69 Å². The zero-order valence-electron chi connectivity index (χ0n) is 11.6. The van der Waals surface area contributed by atoms with Crippen molar-refractivity contribution < 1.29 is 4.79 Å². The van der Waals surface area contributed by atoms with E-state index in [1.165, 1.54) is 0 Å². The Morgan fingerprint density at radius 2 is 1.89 bits per heavy atom. The van der Waals surface area contributed by atoms with Gasteiger partial charge in [0.15, 0.2) is 0 Å². The van der Waals surface area contributed by atoms with E-state index in [9.17, 15) is 4.79 Å². The fourth-order valence-corrected chi connectivity index (χ4v) is 2.16. The second kappa shape index (κ2) is 6.54. The van der Waals surface area contributed by atoms with E-state index >= 15 is 0 Å². The minimum absolute atomic E-state index is 0.0535. The maximum atomic E-state index is 12.0. The Morgan fingerprint density at radius 3 is 2.58 bits per heavy atom. The molecule has 0 aliphatic carbocycles. The van der Waals surface area contributed by atoms with E-state index < -0.39 is 0 Å². The third kappa shape index (κ3) is 4.22. The number of piperazine rings is 1. The summed E-state index contributed by atoms with van der Waals surface area (Å²) in [6, 6.07) is 7.73. The van der Waals surface area contributed by atoms with Gasteiger partial charge in [0.2, 0.25) is 5.91 Å². The number of anilines is 2. The molecule has 0 radical (unpaired) electrons. The second-order valence-electron chi connectivity index (χ2n) is 4.96. The van der Waals surface area contributed by atoms with E-state index in [0.29, 0.717) is 6.54 Å². The van der Waals surface area contributed by atoms with Crippen LogP contribution >= 0.6 is 0 Å². The van der Waals surface area contributed by atoms with Crippen LogP contribution in [0.15, 0.2) is 24.3 Å². The summed E-state index contributed by atoms with van der Waals surface area (Å²) in [6.45, 7) is 4.45. The predicted octanol–water partition coefficient (Wildman–Crippen LogP) is 0.914. The van der Waals surface area contributed by atoms with Gasteiger partial charge in [0.25, 0.3) is 0 Å². The lowest BCUT2D eigenvalue weighted by molar-refractivity contribution is -0.117. The third-order valence-corrected chi connectivity index (χ3v) is 3.40. The molecule has 1 aromatic carbocycles. The molecule has 0 bridgehead atoms. The first-order chi connectivity index (χ1) is 9.17. The molecule has 1 aromatic rings. The van der Waals surface area contributed by atoms with Crippen LogP contribution in [0.2, 0.25) is 0 Å². The fraction of sp³-hybridized carbons (Fsp3) is 0.500. The number of benzene rings is 1. The van der Waals surface area contributed by atoms with Gasteiger partial charge in [0.05, 0.1) is 6.54 Å². The lowest BCUT2D eigenvalue weighted by Crippen LogP contribution is -2.47. The summed E-state index contributed by atoms with van der Waals surface area (Å²) in [6.07, 6.45) is 0. The molecule has 1 aliphatic rings. The molecule has 2 rings (SSSR count). The summed E-state index contributed by atoms with van der Waals surface area (Å²) in [5, 5.41) is 6.00. The van der Waals surface area contributed by atoms with Crippen LogP contribution in [0.4, 0.5) is 11.4 Å². The highest BCUT2D eigenvalue weighted by atomic mass is 16.2. The third-order valence-electron chi connectivity index (χ3n) is 3.40. The molecule has 0 aromatic heterocycles. The first-order valence-electron chi connectivity index (χ1n) is 6.66. The van der Waals surface area contributed by atoms with Gasteiger partial charge in [-0.1, -0.05) is 6.07 Å². The van der Waals surface area contributed by atoms with Crippen molar-refractivity contribution in [2.45, 2.75) is 0 Å². The number of hydrogen-bond acceptors (Lipinski definition) is 4. The largest absolute Gasteiger partial charge is 0.388 e. The standard InChI is InChI=1S/C14H22N4O/c1-15-12-4-3-5-13(10-12)16-14(19)11-18-8-6-17(2)7-9-18/h3-5,10,15H,6-9,11H2,1-2H3,(H,16,19). The van der Waals surface area contributed by atoms with Gasteiger partial charge in [-0.05, 0) is 25.2 Å². The van der Waals surface area contributed by atoms with Crippen LogP contribution < -0.4 is 10.6 Å². The zero-order chi connectivity index (χ0) is 13.7. The molecule has 1 fully saturated rings. The Balaban J connectivity index is 1.83. The molecule has 2 N–H and O–H groups in total. The number of carbonyl (C=O) groups excluding carboxylic acids is 1. The zero-order valence-corrected chi connectivity index (χ0v) is 11.6. The number of carbonyl (C=O) groups is 1. The van der Waals surface area contributed by atoms with Crippen LogP contribution in [-0.2, 0) is 4.79 Å². The van der Waals surface area contributed by atoms with Gasteiger partial charge in [-0.2, -0.15) is 0 Å². The number of hydrogen-bond donors (Lipinski definition) is 2. The van der Waals surface area contributed by atoms with Crippen molar-refractivity contribution in [2.75, 3.05) is 57.5 Å². The quantitative estimate of drug-likeness (QED) is 0.847. The van der Waals surface area contributed by atoms with Crippen LogP contribution in [0.3, 0.4) is 0 Å². The molecule has 19 heavy (non-hydrogen) atoms. The molecule has 1 amide bonds. The Kier molecular flexibility index (Phi) is 4.76. The first-order valence-corrected chi connectivity index (χ1v) is 6.66. The SMILES string of the molecule is CNc1cccc(NC(=O)CN2CCN(C)CC2)c1. The maximum absolute atomic E-state index is 12.0. The van der Waals surface area contributed by atoms with Crippen molar-refractivity contribution in [1.82, 2.24) is 9.80 Å². The minimum atomic E-state index is 0.0535. The van der Waals surface area contributed by atoms with Gasteiger partial charge >= 0.3 is 0 Å². The van der Waals surface area contributed by atoms with E-state index in [1.54, 1.807) is 0 Å². The van der Waals surface area contributed by atoms with Crippen molar-refractivity contribution in [3.05, 3.63) is 24.3 Å². The molecule has 104 valence electrons. The van der Waals surface area contributed by atoms with E-state index in [2.05, 4.69) is 27.5 Å². The Morgan fingerprint density at radius 1 is 1.21 bits per heavy atom. The average molecular weight is 262 g/mol. The Labute approximate surface area is 114 Å². The predicted molar refractivity (Wildman–Crippen MR) is 78.6 cm³/mol. The van der Waals surface area contributed by atoms with E-state index in [4.69, 9.17) is 0 Å². The molecule has 1 heterocycles. The highest BCUT2D eigenvalue weighted by Gasteiger charge is 2.16. The molecule has 5 nitrogen and oxygen atoms in total. The number of nitrogens with zero attached hydrogens (tertiary/aromatic N) is 2.